The van der Waals surface area contributed by atoms with Gasteiger partial charge in [-0.3, -0.25) is 0 Å². The average Bonchev–Trinajstić information content (AvgIpc) is 2.07. The van der Waals surface area contributed by atoms with Gasteiger partial charge in [-0.15, -0.1) is 0 Å². The lowest BCUT2D eigenvalue weighted by Gasteiger charge is -2.18. The molecule has 0 aliphatic heterocycles. The summed E-state index contributed by atoms with van der Waals surface area (Å²) in [5, 5.41) is 0. The highest BCUT2D eigenvalue weighted by Crippen LogP contribution is 2.22. The Bertz CT molecular complexity index is 216. The third-order valence-corrected chi connectivity index (χ3v) is 2.29. The summed E-state index contributed by atoms with van der Waals surface area (Å²) in [4.78, 5) is 0. The molecule has 0 bridgehead atoms. The first kappa shape index (κ1) is 9.27. The summed E-state index contributed by atoms with van der Waals surface area (Å²) in [6.45, 7) is 5.16. The van der Waals surface area contributed by atoms with Gasteiger partial charge < -0.3 is 5.73 Å². The van der Waals surface area contributed by atoms with Gasteiger partial charge in [-0.25, -0.2) is 0 Å². The Labute approximate surface area is 74.6 Å². The fraction of sp³-hybridized carbons (Fsp3) is 0.455. The van der Waals surface area contributed by atoms with Crippen LogP contribution < -0.4 is 5.73 Å². The van der Waals surface area contributed by atoms with E-state index in [1.54, 1.807) is 0 Å². The number of hydrogen-bond acceptors (Lipinski definition) is 1. The van der Waals surface area contributed by atoms with Crippen LogP contribution in [0.15, 0.2) is 30.3 Å². The van der Waals surface area contributed by atoms with Crippen LogP contribution in [0.1, 0.15) is 25.3 Å². The summed E-state index contributed by atoms with van der Waals surface area (Å²) >= 11 is 0. The molecule has 2 N–H and O–H groups in total. The zero-order chi connectivity index (χ0) is 8.97. The SMILES string of the molecule is CC(C)[C@H](CN)c1ccccc1. The van der Waals surface area contributed by atoms with Crippen LogP contribution in [-0.2, 0) is 0 Å². The fourth-order valence-corrected chi connectivity index (χ4v) is 1.49. The smallest absolute Gasteiger partial charge is 0.000577 e. The second-order valence-electron chi connectivity index (χ2n) is 3.50. The van der Waals surface area contributed by atoms with E-state index in [1.165, 1.54) is 5.56 Å². The van der Waals surface area contributed by atoms with Crippen LogP contribution >= 0.6 is 0 Å². The van der Waals surface area contributed by atoms with Crippen molar-refractivity contribution in [1.82, 2.24) is 0 Å². The first-order valence-electron chi connectivity index (χ1n) is 4.50. The summed E-state index contributed by atoms with van der Waals surface area (Å²) in [6, 6.07) is 10.5. The monoisotopic (exact) mass is 163 g/mol. The van der Waals surface area contributed by atoms with Crippen LogP contribution in [-0.4, -0.2) is 6.54 Å². The highest BCUT2D eigenvalue weighted by Gasteiger charge is 2.12. The van der Waals surface area contributed by atoms with Crippen LogP contribution in [0.4, 0.5) is 0 Å². The maximum atomic E-state index is 5.71. The highest BCUT2D eigenvalue weighted by atomic mass is 14.6. The zero-order valence-corrected chi connectivity index (χ0v) is 7.83. The molecule has 0 saturated carbocycles. The summed E-state index contributed by atoms with van der Waals surface area (Å²) in [7, 11) is 0. The molecule has 1 atom stereocenters. The number of hydrogen-bond donors (Lipinski definition) is 1. The Morgan fingerprint density at radius 1 is 1.17 bits per heavy atom. The Kier molecular flexibility index (Phi) is 3.30. The molecule has 1 aromatic carbocycles. The summed E-state index contributed by atoms with van der Waals surface area (Å²) in [5.74, 6) is 1.13. The molecule has 0 aliphatic carbocycles. The van der Waals surface area contributed by atoms with Crippen LogP contribution in [0.2, 0.25) is 0 Å². The lowest BCUT2D eigenvalue weighted by atomic mass is 9.89. The molecular weight excluding hydrogens is 146 g/mol. The highest BCUT2D eigenvalue weighted by molar-refractivity contribution is 5.20. The summed E-state index contributed by atoms with van der Waals surface area (Å²) in [6.07, 6.45) is 0. The molecule has 0 amide bonds. The molecule has 1 nitrogen and oxygen atoms in total. The first-order valence-corrected chi connectivity index (χ1v) is 4.50. The lowest BCUT2D eigenvalue weighted by Crippen LogP contribution is -2.17. The standard InChI is InChI=1S/C11H17N/c1-9(2)11(8-12)10-6-4-3-5-7-10/h3-7,9,11H,8,12H2,1-2H3/t11-/m0/s1. The van der Waals surface area contributed by atoms with E-state index in [9.17, 15) is 0 Å². The minimum absolute atomic E-state index is 0.506. The third kappa shape index (κ3) is 2.08. The molecule has 0 unspecified atom stereocenters. The maximum Gasteiger partial charge on any atom is -0.000577 e. The molecule has 0 heterocycles. The van der Waals surface area contributed by atoms with E-state index in [4.69, 9.17) is 5.73 Å². The number of benzene rings is 1. The number of nitrogens with two attached hydrogens (primary N) is 1. The molecule has 0 fully saturated rings. The molecule has 0 radical (unpaired) electrons. The molecule has 0 spiro atoms. The van der Waals surface area contributed by atoms with E-state index < -0.39 is 0 Å². The van der Waals surface area contributed by atoms with Gasteiger partial charge in [0.25, 0.3) is 0 Å². The van der Waals surface area contributed by atoms with Crippen LogP contribution in [0, 0.1) is 5.92 Å². The van der Waals surface area contributed by atoms with E-state index in [2.05, 4.69) is 38.1 Å². The normalized spacial score (nSPS) is 13.3. The predicted octanol–water partition coefficient (Wildman–Crippen LogP) is 2.38. The van der Waals surface area contributed by atoms with E-state index in [-0.39, 0.29) is 0 Å². The Hall–Kier alpha value is -0.820. The summed E-state index contributed by atoms with van der Waals surface area (Å²) in [5.41, 5.74) is 7.06. The molecule has 0 saturated heterocycles. The first-order chi connectivity index (χ1) is 5.75. The molecule has 1 heteroatoms. The van der Waals surface area contributed by atoms with Crippen molar-refractivity contribution in [2.75, 3.05) is 6.54 Å². The largest absolute Gasteiger partial charge is 0.330 e. The van der Waals surface area contributed by atoms with Crippen LogP contribution in [0.3, 0.4) is 0 Å². The van der Waals surface area contributed by atoms with Gasteiger partial charge in [0.2, 0.25) is 0 Å². The molecule has 1 rings (SSSR count). The fourth-order valence-electron chi connectivity index (χ4n) is 1.49. The minimum atomic E-state index is 0.506. The Morgan fingerprint density at radius 2 is 1.75 bits per heavy atom. The van der Waals surface area contributed by atoms with Gasteiger partial charge in [0.15, 0.2) is 0 Å². The van der Waals surface area contributed by atoms with Gasteiger partial charge in [0, 0.05) is 0 Å². The van der Waals surface area contributed by atoms with Crippen LogP contribution in [0.5, 0.6) is 0 Å². The van der Waals surface area contributed by atoms with Gasteiger partial charge >= 0.3 is 0 Å². The van der Waals surface area contributed by atoms with Gasteiger partial charge in [0.1, 0.15) is 0 Å². The third-order valence-electron chi connectivity index (χ3n) is 2.29. The second-order valence-corrected chi connectivity index (χ2v) is 3.50. The second kappa shape index (κ2) is 4.27. The van der Waals surface area contributed by atoms with Gasteiger partial charge in [-0.05, 0) is 23.9 Å². The van der Waals surface area contributed by atoms with Crippen molar-refractivity contribution >= 4 is 0 Å². The molecule has 1 aromatic rings. The molecule has 66 valence electrons. The van der Waals surface area contributed by atoms with E-state index in [0.717, 1.165) is 6.54 Å². The van der Waals surface area contributed by atoms with Crippen LogP contribution in [0.25, 0.3) is 0 Å². The molecular formula is C11H17N. The predicted molar refractivity (Wildman–Crippen MR) is 53.1 cm³/mol. The van der Waals surface area contributed by atoms with Crippen molar-refractivity contribution in [2.24, 2.45) is 11.7 Å². The molecule has 0 aliphatic rings. The number of rotatable bonds is 3. The van der Waals surface area contributed by atoms with Crippen molar-refractivity contribution in [3.8, 4) is 0 Å². The topological polar surface area (TPSA) is 26.0 Å². The van der Waals surface area contributed by atoms with Crippen molar-refractivity contribution < 1.29 is 0 Å². The van der Waals surface area contributed by atoms with Crippen molar-refractivity contribution in [1.29, 1.82) is 0 Å². The Morgan fingerprint density at radius 3 is 2.17 bits per heavy atom. The zero-order valence-electron chi connectivity index (χ0n) is 7.83. The lowest BCUT2D eigenvalue weighted by molar-refractivity contribution is 0.506. The van der Waals surface area contributed by atoms with Gasteiger partial charge in [0.05, 0.1) is 0 Å². The van der Waals surface area contributed by atoms with Gasteiger partial charge in [-0.2, -0.15) is 0 Å². The van der Waals surface area contributed by atoms with Crippen molar-refractivity contribution in [2.45, 2.75) is 19.8 Å². The van der Waals surface area contributed by atoms with E-state index >= 15 is 0 Å². The quantitative estimate of drug-likeness (QED) is 0.727. The van der Waals surface area contributed by atoms with Crippen molar-refractivity contribution in [3.63, 3.8) is 0 Å². The molecule has 0 aromatic heterocycles. The maximum absolute atomic E-state index is 5.71. The molecule has 12 heavy (non-hydrogen) atoms. The Balaban J connectivity index is 2.80. The van der Waals surface area contributed by atoms with Gasteiger partial charge in [-0.1, -0.05) is 44.2 Å². The van der Waals surface area contributed by atoms with E-state index in [0.29, 0.717) is 11.8 Å². The average molecular weight is 163 g/mol. The van der Waals surface area contributed by atoms with E-state index in [1.807, 2.05) is 6.07 Å². The minimum Gasteiger partial charge on any atom is -0.330 e. The van der Waals surface area contributed by atoms with Crippen molar-refractivity contribution in [3.05, 3.63) is 35.9 Å². The summed E-state index contributed by atoms with van der Waals surface area (Å²) < 4.78 is 0.